The van der Waals surface area contributed by atoms with Gasteiger partial charge in [0.25, 0.3) is 5.91 Å². The number of rotatable bonds is 4. The first-order valence-electron chi connectivity index (χ1n) is 9.95. The molecule has 1 aliphatic heterocycles. The van der Waals surface area contributed by atoms with Crippen LogP contribution in [0.25, 0.3) is 10.8 Å². The lowest BCUT2D eigenvalue weighted by atomic mass is 9.94. The highest BCUT2D eigenvalue weighted by Crippen LogP contribution is 2.24. The maximum absolute atomic E-state index is 13.0. The van der Waals surface area contributed by atoms with E-state index in [2.05, 4.69) is 5.32 Å². The van der Waals surface area contributed by atoms with Crippen LogP contribution in [0, 0.1) is 5.92 Å². The van der Waals surface area contributed by atoms with Crippen LogP contribution in [0.4, 0.5) is 0 Å². The van der Waals surface area contributed by atoms with Crippen LogP contribution in [0.1, 0.15) is 28.8 Å². The second-order valence-electron chi connectivity index (χ2n) is 7.44. The number of nitrogens with zero attached hydrogens (tertiary/aromatic N) is 1. The van der Waals surface area contributed by atoms with Crippen LogP contribution in [-0.4, -0.2) is 34.9 Å². The average Bonchev–Trinajstić information content (AvgIpc) is 2.77. The Balaban J connectivity index is 1.36. The van der Waals surface area contributed by atoms with E-state index in [9.17, 15) is 14.7 Å². The van der Waals surface area contributed by atoms with Crippen LogP contribution in [-0.2, 0) is 11.3 Å². The van der Waals surface area contributed by atoms with E-state index in [1.165, 1.54) is 0 Å². The zero-order chi connectivity index (χ0) is 20.2. The van der Waals surface area contributed by atoms with Gasteiger partial charge in [-0.05, 0) is 35.7 Å². The lowest BCUT2D eigenvalue weighted by molar-refractivity contribution is -0.126. The molecule has 0 bridgehead atoms. The molecule has 3 aromatic carbocycles. The normalized spacial score (nSPS) is 14.7. The summed E-state index contributed by atoms with van der Waals surface area (Å²) in [7, 11) is 0. The van der Waals surface area contributed by atoms with Gasteiger partial charge >= 0.3 is 0 Å². The monoisotopic (exact) mass is 388 g/mol. The van der Waals surface area contributed by atoms with Crippen LogP contribution in [0.3, 0.4) is 0 Å². The molecule has 1 fully saturated rings. The third-order valence-electron chi connectivity index (χ3n) is 5.62. The minimum Gasteiger partial charge on any atom is -0.508 e. The number of amides is 2. The van der Waals surface area contributed by atoms with Gasteiger partial charge in [0.2, 0.25) is 5.91 Å². The fourth-order valence-electron chi connectivity index (χ4n) is 3.91. The molecule has 2 N–H and O–H groups in total. The van der Waals surface area contributed by atoms with Gasteiger partial charge < -0.3 is 15.3 Å². The Kier molecular flexibility index (Phi) is 5.47. The van der Waals surface area contributed by atoms with E-state index in [0.717, 1.165) is 10.8 Å². The van der Waals surface area contributed by atoms with E-state index in [4.69, 9.17) is 0 Å². The number of fused-ring (bicyclic) bond motifs is 1. The topological polar surface area (TPSA) is 69.6 Å². The molecular formula is C24H24N2O3. The molecule has 4 rings (SSSR count). The molecule has 0 aromatic heterocycles. The van der Waals surface area contributed by atoms with E-state index in [-0.39, 0.29) is 23.5 Å². The standard InChI is InChI=1S/C24H24N2O3/c27-22-11-4-2-7-19(22)16-25-23(28)18-12-14-26(15-13-18)24(29)21-10-5-8-17-6-1-3-9-20(17)21/h1-11,18,27H,12-16H2,(H,25,28). The van der Waals surface area contributed by atoms with Crippen LogP contribution in [0.15, 0.2) is 66.7 Å². The summed E-state index contributed by atoms with van der Waals surface area (Å²) in [6, 6.07) is 20.7. The Morgan fingerprint density at radius 1 is 0.931 bits per heavy atom. The summed E-state index contributed by atoms with van der Waals surface area (Å²) in [5.41, 5.74) is 1.41. The predicted octanol–water partition coefficient (Wildman–Crippen LogP) is 3.71. The van der Waals surface area contributed by atoms with Gasteiger partial charge in [0.1, 0.15) is 5.75 Å². The number of phenols is 1. The Morgan fingerprint density at radius 2 is 1.62 bits per heavy atom. The van der Waals surface area contributed by atoms with Gasteiger partial charge in [-0.1, -0.05) is 54.6 Å². The Bertz CT molecular complexity index is 1030. The van der Waals surface area contributed by atoms with Crippen molar-refractivity contribution in [3.05, 3.63) is 77.9 Å². The number of aromatic hydroxyl groups is 1. The number of nitrogens with one attached hydrogen (secondary N) is 1. The third kappa shape index (κ3) is 4.09. The summed E-state index contributed by atoms with van der Waals surface area (Å²) < 4.78 is 0. The van der Waals surface area contributed by atoms with Crippen LogP contribution < -0.4 is 5.32 Å². The van der Waals surface area contributed by atoms with Crippen LogP contribution >= 0.6 is 0 Å². The Labute approximate surface area is 170 Å². The summed E-state index contributed by atoms with van der Waals surface area (Å²) in [4.78, 5) is 27.4. The molecule has 29 heavy (non-hydrogen) atoms. The van der Waals surface area contributed by atoms with Gasteiger partial charge in [-0.2, -0.15) is 0 Å². The second kappa shape index (κ2) is 8.35. The highest BCUT2D eigenvalue weighted by Gasteiger charge is 2.28. The molecule has 5 nitrogen and oxygen atoms in total. The number of benzene rings is 3. The molecule has 5 heteroatoms. The predicted molar refractivity (Wildman–Crippen MR) is 113 cm³/mol. The van der Waals surface area contributed by atoms with Gasteiger partial charge in [-0.3, -0.25) is 9.59 Å². The van der Waals surface area contributed by atoms with Crippen molar-refractivity contribution in [3.8, 4) is 5.75 Å². The van der Waals surface area contributed by atoms with Gasteiger partial charge in [0.15, 0.2) is 0 Å². The second-order valence-corrected chi connectivity index (χ2v) is 7.44. The number of phenolic OH excluding ortho intramolecular Hbond substituents is 1. The number of para-hydroxylation sites is 1. The summed E-state index contributed by atoms with van der Waals surface area (Å²) in [5.74, 6) is 0.0705. The molecular weight excluding hydrogens is 364 g/mol. The number of carbonyl (C=O) groups is 2. The molecule has 1 heterocycles. The third-order valence-corrected chi connectivity index (χ3v) is 5.62. The first kappa shape index (κ1) is 19.0. The number of carbonyl (C=O) groups excluding carboxylic acids is 2. The highest BCUT2D eigenvalue weighted by atomic mass is 16.3. The molecule has 0 unspecified atom stereocenters. The van der Waals surface area contributed by atoms with Crippen molar-refractivity contribution in [2.45, 2.75) is 19.4 Å². The van der Waals surface area contributed by atoms with Crippen molar-refractivity contribution >= 4 is 22.6 Å². The molecule has 0 saturated carbocycles. The maximum Gasteiger partial charge on any atom is 0.254 e. The molecule has 0 spiro atoms. The molecule has 2 amide bonds. The average molecular weight is 388 g/mol. The minimum absolute atomic E-state index is 0.0227. The van der Waals surface area contributed by atoms with Crippen molar-refractivity contribution in [3.63, 3.8) is 0 Å². The number of piperidine rings is 1. The van der Waals surface area contributed by atoms with E-state index in [1.807, 2.05) is 53.4 Å². The smallest absolute Gasteiger partial charge is 0.254 e. The molecule has 148 valence electrons. The minimum atomic E-state index is -0.113. The van der Waals surface area contributed by atoms with Crippen molar-refractivity contribution in [1.82, 2.24) is 10.2 Å². The van der Waals surface area contributed by atoms with Gasteiger partial charge in [0, 0.05) is 36.7 Å². The lowest BCUT2D eigenvalue weighted by Crippen LogP contribution is -2.43. The molecule has 1 aliphatic rings. The largest absolute Gasteiger partial charge is 0.508 e. The first-order valence-corrected chi connectivity index (χ1v) is 9.95. The van der Waals surface area contributed by atoms with Crippen molar-refractivity contribution in [2.24, 2.45) is 5.92 Å². The number of hydrogen-bond acceptors (Lipinski definition) is 3. The summed E-state index contributed by atoms with van der Waals surface area (Å²) in [6.07, 6.45) is 1.28. The molecule has 0 aliphatic carbocycles. The number of likely N-dealkylation sites (tertiary alicyclic amines) is 1. The van der Waals surface area contributed by atoms with Crippen molar-refractivity contribution in [2.75, 3.05) is 13.1 Å². The van der Waals surface area contributed by atoms with E-state index in [0.29, 0.717) is 43.6 Å². The van der Waals surface area contributed by atoms with E-state index in [1.54, 1.807) is 18.2 Å². The van der Waals surface area contributed by atoms with Crippen LogP contribution in [0.2, 0.25) is 0 Å². The van der Waals surface area contributed by atoms with Crippen LogP contribution in [0.5, 0.6) is 5.75 Å². The highest BCUT2D eigenvalue weighted by molar-refractivity contribution is 6.07. The fourth-order valence-corrected chi connectivity index (χ4v) is 3.91. The lowest BCUT2D eigenvalue weighted by Gasteiger charge is -2.31. The van der Waals surface area contributed by atoms with E-state index < -0.39 is 0 Å². The SMILES string of the molecule is O=C(NCc1ccccc1O)C1CCN(C(=O)c2cccc3ccccc23)CC1. The molecule has 0 radical (unpaired) electrons. The molecule has 1 saturated heterocycles. The molecule has 0 atom stereocenters. The zero-order valence-electron chi connectivity index (χ0n) is 16.2. The summed E-state index contributed by atoms with van der Waals surface area (Å²) >= 11 is 0. The Hall–Kier alpha value is -3.34. The zero-order valence-corrected chi connectivity index (χ0v) is 16.2. The van der Waals surface area contributed by atoms with E-state index >= 15 is 0 Å². The van der Waals surface area contributed by atoms with Gasteiger partial charge in [-0.15, -0.1) is 0 Å². The Morgan fingerprint density at radius 3 is 2.41 bits per heavy atom. The van der Waals surface area contributed by atoms with Crippen molar-refractivity contribution in [1.29, 1.82) is 0 Å². The summed E-state index contributed by atoms with van der Waals surface area (Å²) in [5, 5.41) is 14.7. The van der Waals surface area contributed by atoms with Gasteiger partial charge in [-0.25, -0.2) is 0 Å². The maximum atomic E-state index is 13.0. The summed E-state index contributed by atoms with van der Waals surface area (Å²) in [6.45, 7) is 1.44. The van der Waals surface area contributed by atoms with Crippen molar-refractivity contribution < 1.29 is 14.7 Å². The number of hydrogen-bond donors (Lipinski definition) is 2. The first-order chi connectivity index (χ1) is 14.1. The quantitative estimate of drug-likeness (QED) is 0.716. The fraction of sp³-hybridized carbons (Fsp3) is 0.250. The van der Waals surface area contributed by atoms with Gasteiger partial charge in [0.05, 0.1) is 0 Å². The molecule has 3 aromatic rings.